The van der Waals surface area contributed by atoms with E-state index in [1.54, 1.807) is 24.3 Å². The van der Waals surface area contributed by atoms with Crippen molar-refractivity contribution in [1.29, 1.82) is 0 Å². The van der Waals surface area contributed by atoms with E-state index in [1.807, 2.05) is 55.5 Å². The van der Waals surface area contributed by atoms with Crippen molar-refractivity contribution in [1.82, 2.24) is 10.2 Å². The molecular weight excluding hydrogens is 496 g/mol. The molecule has 3 rings (SSSR count). The fourth-order valence-electron chi connectivity index (χ4n) is 3.70. The molecule has 0 heterocycles. The Labute approximate surface area is 228 Å². The summed E-state index contributed by atoms with van der Waals surface area (Å²) in [6.45, 7) is 2.02. The van der Waals surface area contributed by atoms with Crippen LogP contribution in [0.2, 0.25) is 0 Å². The smallest absolute Gasteiger partial charge is 0.327 e. The summed E-state index contributed by atoms with van der Waals surface area (Å²) in [5.74, 6) is 5.47. The average molecular weight is 529 g/mol. The zero-order valence-electron chi connectivity index (χ0n) is 21.4. The van der Waals surface area contributed by atoms with E-state index >= 15 is 0 Å². The number of aliphatic carboxylic acids is 1. The monoisotopic (exact) mass is 528 g/mol. The van der Waals surface area contributed by atoms with Crippen LogP contribution in [-0.2, 0) is 11.2 Å². The largest absolute Gasteiger partial charge is 0.480 e. The van der Waals surface area contributed by atoms with E-state index in [4.69, 9.17) is 0 Å². The quantitative estimate of drug-likeness (QED) is 0.255. The molecule has 196 valence electrons. The Hall–Kier alpha value is -4.02. The van der Waals surface area contributed by atoms with Gasteiger partial charge in [-0.25, -0.2) is 9.59 Å². The van der Waals surface area contributed by atoms with Crippen LogP contribution in [-0.4, -0.2) is 52.0 Å². The van der Waals surface area contributed by atoms with Gasteiger partial charge in [-0.1, -0.05) is 73.4 Å². The van der Waals surface area contributed by atoms with E-state index in [9.17, 15) is 19.5 Å². The van der Waals surface area contributed by atoms with Gasteiger partial charge in [0.05, 0.1) is 0 Å². The van der Waals surface area contributed by atoms with Gasteiger partial charge in [0.15, 0.2) is 0 Å². The normalized spacial score (nSPS) is 11.1. The van der Waals surface area contributed by atoms with E-state index in [0.717, 1.165) is 29.1 Å². The molecule has 0 fully saturated rings. The number of aryl methyl sites for hydroxylation is 1. The maximum absolute atomic E-state index is 13.3. The Morgan fingerprint density at radius 1 is 0.921 bits per heavy atom. The predicted octanol–water partition coefficient (Wildman–Crippen LogP) is 5.47. The highest BCUT2D eigenvalue weighted by atomic mass is 32.2. The number of nitrogens with one attached hydrogen (secondary N) is 1. The number of hydrogen-bond donors (Lipinski definition) is 2. The summed E-state index contributed by atoms with van der Waals surface area (Å²) >= 11 is 1.47. The Morgan fingerprint density at radius 2 is 1.58 bits per heavy atom. The van der Waals surface area contributed by atoms with Crippen molar-refractivity contribution >= 4 is 29.7 Å². The molecule has 3 aromatic rings. The van der Waals surface area contributed by atoms with Gasteiger partial charge >= 0.3 is 12.0 Å². The number of amides is 3. The molecule has 1 atom stereocenters. The summed E-state index contributed by atoms with van der Waals surface area (Å²) in [5.41, 5.74) is 3.05. The summed E-state index contributed by atoms with van der Waals surface area (Å²) in [5, 5.41) is 12.2. The number of carboxylic acids is 1. The molecule has 3 aromatic carbocycles. The number of thioether (sulfide) groups is 1. The van der Waals surface area contributed by atoms with Crippen LogP contribution in [0.25, 0.3) is 0 Å². The standard InChI is InChI=1S/C31H32N2O4S/c1-2-20-33(29(34)27-17-9-15-26(22-27)19-18-25-13-7-4-8-14-25)31(37)32-28(30(35)36)23-38-21-10-16-24-11-5-3-6-12-24/h3-9,11-15,17,22,28H,2,10,16,20-21,23H2,1H3,(H,32,37)(H,35,36)/t28-/m0/s1. The fraction of sp³-hybridized carbons (Fsp3) is 0.258. The maximum Gasteiger partial charge on any atom is 0.327 e. The Morgan fingerprint density at radius 3 is 2.26 bits per heavy atom. The van der Waals surface area contributed by atoms with Gasteiger partial charge in [-0.05, 0) is 60.9 Å². The van der Waals surface area contributed by atoms with Crippen molar-refractivity contribution < 1.29 is 19.5 Å². The summed E-state index contributed by atoms with van der Waals surface area (Å²) in [4.78, 5) is 39.2. The van der Waals surface area contributed by atoms with Gasteiger partial charge < -0.3 is 10.4 Å². The zero-order chi connectivity index (χ0) is 27.2. The van der Waals surface area contributed by atoms with E-state index < -0.39 is 23.9 Å². The van der Waals surface area contributed by atoms with Gasteiger partial charge in [-0.3, -0.25) is 9.69 Å². The number of hydrogen-bond acceptors (Lipinski definition) is 4. The third-order valence-corrected chi connectivity index (χ3v) is 6.80. The van der Waals surface area contributed by atoms with Crippen LogP contribution < -0.4 is 5.32 Å². The molecule has 0 aliphatic rings. The van der Waals surface area contributed by atoms with Crippen LogP contribution >= 0.6 is 11.8 Å². The molecule has 7 heteroatoms. The first-order valence-electron chi connectivity index (χ1n) is 12.6. The lowest BCUT2D eigenvalue weighted by Gasteiger charge is -2.23. The van der Waals surface area contributed by atoms with Crippen molar-refractivity contribution in [2.45, 2.75) is 32.2 Å². The van der Waals surface area contributed by atoms with Gasteiger partial charge in [-0.2, -0.15) is 11.8 Å². The van der Waals surface area contributed by atoms with Crippen LogP contribution in [0.15, 0.2) is 84.9 Å². The SMILES string of the molecule is CCCN(C(=O)N[C@@H](CSCCCc1ccccc1)C(=O)O)C(=O)c1cccc(C#Cc2ccccc2)c1. The summed E-state index contributed by atoms with van der Waals surface area (Å²) in [7, 11) is 0. The van der Waals surface area contributed by atoms with E-state index in [1.165, 1.54) is 17.3 Å². The number of carboxylic acid groups (broad SMARTS) is 1. The molecule has 0 saturated carbocycles. The number of nitrogens with zero attached hydrogens (tertiary/aromatic N) is 1. The van der Waals surface area contributed by atoms with Gasteiger partial charge in [0.1, 0.15) is 6.04 Å². The Balaban J connectivity index is 1.60. The Bertz CT molecular complexity index is 1270. The molecule has 3 amide bonds. The molecule has 6 nitrogen and oxygen atoms in total. The number of urea groups is 1. The van der Waals surface area contributed by atoms with Crippen LogP contribution in [0.5, 0.6) is 0 Å². The number of rotatable bonds is 11. The van der Waals surface area contributed by atoms with Gasteiger partial charge in [-0.15, -0.1) is 0 Å². The molecule has 38 heavy (non-hydrogen) atoms. The highest BCUT2D eigenvalue weighted by Gasteiger charge is 2.27. The van der Waals surface area contributed by atoms with Crippen molar-refractivity contribution in [2.75, 3.05) is 18.1 Å². The van der Waals surface area contributed by atoms with Crippen LogP contribution in [0.3, 0.4) is 0 Å². The van der Waals surface area contributed by atoms with Gasteiger partial charge in [0.25, 0.3) is 5.91 Å². The highest BCUT2D eigenvalue weighted by molar-refractivity contribution is 7.99. The van der Waals surface area contributed by atoms with Crippen molar-refractivity contribution in [3.63, 3.8) is 0 Å². The molecule has 0 saturated heterocycles. The van der Waals surface area contributed by atoms with Gasteiger partial charge in [0.2, 0.25) is 0 Å². The summed E-state index contributed by atoms with van der Waals surface area (Å²) in [6, 6.07) is 24.6. The Kier molecular flexibility index (Phi) is 11.5. The molecule has 0 spiro atoms. The lowest BCUT2D eigenvalue weighted by Crippen LogP contribution is -2.51. The van der Waals surface area contributed by atoms with Crippen molar-refractivity contribution in [3.8, 4) is 11.8 Å². The second-order valence-corrected chi connectivity index (χ2v) is 9.81. The first-order chi connectivity index (χ1) is 18.5. The lowest BCUT2D eigenvalue weighted by molar-refractivity contribution is -0.138. The van der Waals surface area contributed by atoms with Gasteiger partial charge in [0, 0.05) is 29.0 Å². The lowest BCUT2D eigenvalue weighted by atomic mass is 10.1. The molecule has 2 N–H and O–H groups in total. The predicted molar refractivity (Wildman–Crippen MR) is 152 cm³/mol. The first-order valence-corrected chi connectivity index (χ1v) is 13.8. The maximum atomic E-state index is 13.3. The van der Waals surface area contributed by atoms with Crippen LogP contribution in [0, 0.1) is 11.8 Å². The number of benzene rings is 3. The van der Waals surface area contributed by atoms with Crippen molar-refractivity contribution in [2.24, 2.45) is 0 Å². The number of carbonyl (C=O) groups excluding carboxylic acids is 2. The summed E-state index contributed by atoms with van der Waals surface area (Å²) in [6.07, 6.45) is 2.35. The topological polar surface area (TPSA) is 86.7 Å². The fourth-order valence-corrected chi connectivity index (χ4v) is 4.67. The molecule has 0 aliphatic heterocycles. The second-order valence-electron chi connectivity index (χ2n) is 8.66. The third kappa shape index (κ3) is 9.13. The third-order valence-electron chi connectivity index (χ3n) is 5.65. The number of carbonyl (C=O) groups is 3. The van der Waals surface area contributed by atoms with E-state index in [-0.39, 0.29) is 12.3 Å². The molecule has 0 radical (unpaired) electrons. The average Bonchev–Trinajstić information content (AvgIpc) is 2.94. The van der Waals surface area contributed by atoms with Crippen LogP contribution in [0.1, 0.15) is 46.8 Å². The second kappa shape index (κ2) is 15.3. The summed E-state index contributed by atoms with van der Waals surface area (Å²) < 4.78 is 0. The first kappa shape index (κ1) is 28.5. The molecule has 0 bridgehead atoms. The zero-order valence-corrected chi connectivity index (χ0v) is 22.2. The highest BCUT2D eigenvalue weighted by Crippen LogP contribution is 2.12. The molecular formula is C31H32N2O4S. The minimum absolute atomic E-state index is 0.168. The minimum Gasteiger partial charge on any atom is -0.480 e. The minimum atomic E-state index is -1.13. The van der Waals surface area contributed by atoms with E-state index in [0.29, 0.717) is 17.5 Å². The molecule has 0 unspecified atom stereocenters. The molecule has 0 aromatic heterocycles. The number of imide groups is 1. The molecule has 0 aliphatic carbocycles. The van der Waals surface area contributed by atoms with E-state index in [2.05, 4.69) is 29.3 Å². The van der Waals surface area contributed by atoms with Crippen LogP contribution in [0.4, 0.5) is 4.79 Å². The van der Waals surface area contributed by atoms with Crippen molar-refractivity contribution in [3.05, 3.63) is 107 Å².